The second-order valence-corrected chi connectivity index (χ2v) is 7.29. The van der Waals surface area contributed by atoms with Crippen molar-refractivity contribution >= 4 is 6.09 Å². The molecule has 5 rings (SSSR count). The Morgan fingerprint density at radius 3 is 2.32 bits per heavy atom. The van der Waals surface area contributed by atoms with Gasteiger partial charge in [0.15, 0.2) is 0 Å². The van der Waals surface area contributed by atoms with Gasteiger partial charge in [-0.3, -0.25) is 0 Å². The normalized spacial score (nSPS) is 16.8. The summed E-state index contributed by atoms with van der Waals surface area (Å²) in [7, 11) is 0. The molecule has 0 atom stereocenters. The van der Waals surface area contributed by atoms with Gasteiger partial charge in [0, 0.05) is 12.1 Å². The number of benzene rings is 2. The number of ether oxygens (including phenoxy) is 1. The van der Waals surface area contributed by atoms with Crippen LogP contribution < -0.4 is 0 Å². The lowest BCUT2D eigenvalue weighted by Crippen LogP contribution is -2.61. The third-order valence-corrected chi connectivity index (χ3v) is 5.56. The van der Waals surface area contributed by atoms with Gasteiger partial charge in [0.1, 0.15) is 18.5 Å². The zero-order chi connectivity index (χ0) is 19.1. The van der Waals surface area contributed by atoms with Crippen molar-refractivity contribution in [2.45, 2.75) is 11.5 Å². The molecule has 2 aromatic carbocycles. The molecular weight excluding hydrogens is 354 g/mol. The molecule has 1 aliphatic heterocycles. The lowest BCUT2D eigenvalue weighted by atomic mass is 9.91. The van der Waals surface area contributed by atoms with Crippen LogP contribution in [0.2, 0.25) is 0 Å². The largest absolute Gasteiger partial charge is 0.448 e. The number of hydrogen-bond donors (Lipinski definition) is 1. The molecule has 2 aliphatic rings. The van der Waals surface area contributed by atoms with Gasteiger partial charge >= 0.3 is 6.09 Å². The first kappa shape index (κ1) is 16.9. The molecule has 3 aromatic rings. The minimum absolute atomic E-state index is 0.0263. The van der Waals surface area contributed by atoms with Crippen molar-refractivity contribution in [3.63, 3.8) is 0 Å². The number of fused-ring (bicyclic) bond motifs is 3. The molecule has 1 N–H and O–H groups in total. The third kappa shape index (κ3) is 2.65. The standard InChI is InChI=1S/C22H19N3O3/c26-21(25-12-22(27,13-25)20-9-10-23-14-24-20)28-11-19-17-7-3-1-5-15(17)16-6-2-4-8-18(16)19/h1-10,14,19,27H,11-13H2. The van der Waals surface area contributed by atoms with E-state index in [0.717, 1.165) is 0 Å². The maximum Gasteiger partial charge on any atom is 0.410 e. The van der Waals surface area contributed by atoms with Crippen LogP contribution in [0.5, 0.6) is 0 Å². The number of nitrogens with zero attached hydrogens (tertiary/aromatic N) is 3. The maximum absolute atomic E-state index is 12.5. The van der Waals surface area contributed by atoms with E-state index < -0.39 is 11.7 Å². The third-order valence-electron chi connectivity index (χ3n) is 5.56. The number of rotatable bonds is 3. The van der Waals surface area contributed by atoms with Crippen LogP contribution in [-0.4, -0.2) is 45.8 Å². The Hall–Kier alpha value is -3.25. The van der Waals surface area contributed by atoms with Crippen molar-refractivity contribution in [3.8, 4) is 11.1 Å². The summed E-state index contributed by atoms with van der Waals surface area (Å²) in [4.78, 5) is 21.9. The minimum atomic E-state index is -1.13. The van der Waals surface area contributed by atoms with Crippen molar-refractivity contribution in [3.05, 3.63) is 83.9 Å². The molecule has 1 saturated heterocycles. The molecule has 0 bridgehead atoms. The molecule has 1 aliphatic carbocycles. The smallest absolute Gasteiger partial charge is 0.410 e. The Kier molecular flexibility index (Phi) is 3.87. The van der Waals surface area contributed by atoms with Gasteiger partial charge in [0.2, 0.25) is 0 Å². The summed E-state index contributed by atoms with van der Waals surface area (Å²) in [6, 6.07) is 18.1. The number of amides is 1. The summed E-state index contributed by atoms with van der Waals surface area (Å²) >= 11 is 0. The number of β-amino-alcohol motifs (C(OH)–C–C–N with tert-alkyl or cyclic N) is 1. The summed E-state index contributed by atoms with van der Waals surface area (Å²) in [5.74, 6) is 0.0263. The van der Waals surface area contributed by atoms with Crippen LogP contribution in [0.1, 0.15) is 22.7 Å². The van der Waals surface area contributed by atoms with Gasteiger partial charge in [0.25, 0.3) is 0 Å². The van der Waals surface area contributed by atoms with Crippen LogP contribution in [0.25, 0.3) is 11.1 Å². The van der Waals surface area contributed by atoms with Crippen molar-refractivity contribution in [1.29, 1.82) is 0 Å². The van der Waals surface area contributed by atoms with Crippen molar-refractivity contribution < 1.29 is 14.6 Å². The number of hydrogen-bond acceptors (Lipinski definition) is 5. The first-order chi connectivity index (χ1) is 13.7. The number of carbonyl (C=O) groups excluding carboxylic acids is 1. The average molecular weight is 373 g/mol. The van der Waals surface area contributed by atoms with Gasteiger partial charge in [0.05, 0.1) is 18.8 Å². The van der Waals surface area contributed by atoms with E-state index in [1.54, 1.807) is 12.3 Å². The summed E-state index contributed by atoms with van der Waals surface area (Å²) in [6.07, 6.45) is 2.56. The second kappa shape index (κ2) is 6.42. The molecule has 6 nitrogen and oxygen atoms in total. The number of likely N-dealkylation sites (tertiary alicyclic amines) is 1. The van der Waals surface area contributed by atoms with E-state index >= 15 is 0 Å². The van der Waals surface area contributed by atoms with Gasteiger partial charge in [-0.25, -0.2) is 14.8 Å². The van der Waals surface area contributed by atoms with E-state index in [9.17, 15) is 9.90 Å². The molecule has 6 heteroatoms. The Labute approximate surface area is 162 Å². The number of aromatic nitrogens is 2. The second-order valence-electron chi connectivity index (χ2n) is 7.29. The summed E-state index contributed by atoms with van der Waals surface area (Å²) in [5, 5.41) is 10.6. The quantitative estimate of drug-likeness (QED) is 0.764. The minimum Gasteiger partial charge on any atom is -0.448 e. The lowest BCUT2D eigenvalue weighted by Gasteiger charge is -2.44. The van der Waals surface area contributed by atoms with Crippen molar-refractivity contribution in [2.75, 3.05) is 19.7 Å². The van der Waals surface area contributed by atoms with Crippen molar-refractivity contribution in [1.82, 2.24) is 14.9 Å². The molecule has 2 heterocycles. The molecule has 1 aromatic heterocycles. The van der Waals surface area contributed by atoms with Crippen LogP contribution in [0.4, 0.5) is 4.79 Å². The highest BCUT2D eigenvalue weighted by molar-refractivity contribution is 5.79. The molecule has 140 valence electrons. The average Bonchev–Trinajstić information content (AvgIpc) is 3.04. The highest BCUT2D eigenvalue weighted by Gasteiger charge is 2.47. The number of aliphatic hydroxyl groups is 1. The highest BCUT2D eigenvalue weighted by Crippen LogP contribution is 2.44. The molecular formula is C22H19N3O3. The van der Waals surface area contributed by atoms with E-state index in [1.807, 2.05) is 24.3 Å². The fourth-order valence-electron chi connectivity index (χ4n) is 4.13. The predicted molar refractivity (Wildman–Crippen MR) is 103 cm³/mol. The van der Waals surface area contributed by atoms with E-state index in [0.29, 0.717) is 5.69 Å². The molecule has 0 saturated carbocycles. The number of carbonyl (C=O) groups is 1. The topological polar surface area (TPSA) is 75.5 Å². The fraction of sp³-hybridized carbons (Fsp3) is 0.227. The van der Waals surface area contributed by atoms with Crippen LogP contribution in [0.15, 0.2) is 67.1 Å². The van der Waals surface area contributed by atoms with E-state index in [2.05, 4.69) is 34.2 Å². The summed E-state index contributed by atoms with van der Waals surface area (Å²) < 4.78 is 5.62. The zero-order valence-corrected chi connectivity index (χ0v) is 15.2. The first-order valence-corrected chi connectivity index (χ1v) is 9.24. The Balaban J connectivity index is 1.27. The van der Waals surface area contributed by atoms with Crippen molar-refractivity contribution in [2.24, 2.45) is 0 Å². The maximum atomic E-state index is 12.5. The van der Waals surface area contributed by atoms with E-state index in [-0.39, 0.29) is 25.6 Å². The predicted octanol–water partition coefficient (Wildman–Crippen LogP) is 2.93. The van der Waals surface area contributed by atoms with Crippen LogP contribution in [0.3, 0.4) is 0 Å². The molecule has 0 unspecified atom stereocenters. The van der Waals surface area contributed by atoms with E-state index in [1.165, 1.54) is 33.5 Å². The molecule has 1 fully saturated rings. The first-order valence-electron chi connectivity index (χ1n) is 9.24. The lowest BCUT2D eigenvalue weighted by molar-refractivity contribution is -0.0971. The Bertz CT molecular complexity index is 986. The van der Waals surface area contributed by atoms with Crippen LogP contribution in [0, 0.1) is 0 Å². The SMILES string of the molecule is O=C(OCC1c2ccccc2-c2ccccc21)N1CC(O)(c2ccncn2)C1. The fourth-order valence-corrected chi connectivity index (χ4v) is 4.13. The van der Waals surface area contributed by atoms with Crippen LogP contribution in [-0.2, 0) is 10.3 Å². The van der Waals surface area contributed by atoms with Crippen LogP contribution >= 0.6 is 0 Å². The van der Waals surface area contributed by atoms with Gasteiger partial charge in [-0.15, -0.1) is 0 Å². The summed E-state index contributed by atoms with van der Waals surface area (Å²) in [6.45, 7) is 0.608. The molecule has 0 spiro atoms. The summed E-state index contributed by atoms with van der Waals surface area (Å²) in [5.41, 5.74) is 4.14. The van der Waals surface area contributed by atoms with Gasteiger partial charge < -0.3 is 14.7 Å². The van der Waals surface area contributed by atoms with Gasteiger partial charge in [-0.2, -0.15) is 0 Å². The Morgan fingerprint density at radius 1 is 1.07 bits per heavy atom. The zero-order valence-electron chi connectivity index (χ0n) is 15.2. The molecule has 28 heavy (non-hydrogen) atoms. The van der Waals surface area contributed by atoms with E-state index in [4.69, 9.17) is 4.74 Å². The van der Waals surface area contributed by atoms with Gasteiger partial charge in [-0.05, 0) is 28.3 Å². The molecule has 1 amide bonds. The monoisotopic (exact) mass is 373 g/mol. The molecule has 0 radical (unpaired) electrons. The van der Waals surface area contributed by atoms with Gasteiger partial charge in [-0.1, -0.05) is 48.5 Å². The Morgan fingerprint density at radius 2 is 1.71 bits per heavy atom. The highest BCUT2D eigenvalue weighted by atomic mass is 16.6.